The third kappa shape index (κ3) is 4.33. The number of H-pyrrole nitrogens is 1. The number of nitrogens with zero attached hydrogens (tertiary/aromatic N) is 4. The Labute approximate surface area is 205 Å². The van der Waals surface area contributed by atoms with Crippen molar-refractivity contribution in [1.82, 2.24) is 29.8 Å². The standard InChI is InChI=1S/C25H22ClN7O2/c1-13-5-21(27)32-14(2)18(13)9-29-24(34)19-11-33(23-22(19)25(35)31-12-30-23)10-15-3-4-20-16(6-15)7-17(26)8-28-20/h3-8,11-12H,9-10H2,1-2H3,(H2,27,32)(H,29,34)(H,30,31,35). The normalized spacial score (nSPS) is 11.3. The van der Waals surface area contributed by atoms with Crippen LogP contribution in [0.4, 0.5) is 5.82 Å². The number of halogens is 1. The number of pyridine rings is 2. The monoisotopic (exact) mass is 487 g/mol. The fraction of sp³-hybridized carbons (Fsp3) is 0.160. The van der Waals surface area contributed by atoms with Crippen molar-refractivity contribution in [2.45, 2.75) is 26.9 Å². The smallest absolute Gasteiger partial charge is 0.261 e. The highest BCUT2D eigenvalue weighted by Crippen LogP contribution is 2.22. The van der Waals surface area contributed by atoms with Crippen LogP contribution in [0.2, 0.25) is 5.02 Å². The molecule has 5 rings (SSSR count). The lowest BCUT2D eigenvalue weighted by Crippen LogP contribution is -2.25. The number of hydrogen-bond acceptors (Lipinski definition) is 6. The Morgan fingerprint density at radius 1 is 1.20 bits per heavy atom. The largest absolute Gasteiger partial charge is 0.384 e. The van der Waals surface area contributed by atoms with Crippen LogP contribution in [0.15, 0.2) is 53.8 Å². The first-order chi connectivity index (χ1) is 16.8. The zero-order chi connectivity index (χ0) is 24.7. The molecule has 0 unspecified atom stereocenters. The van der Waals surface area contributed by atoms with E-state index in [-0.39, 0.29) is 29.0 Å². The summed E-state index contributed by atoms with van der Waals surface area (Å²) in [4.78, 5) is 41.3. The topological polar surface area (TPSA) is 132 Å². The molecule has 0 radical (unpaired) electrons. The molecule has 35 heavy (non-hydrogen) atoms. The van der Waals surface area contributed by atoms with E-state index in [9.17, 15) is 9.59 Å². The van der Waals surface area contributed by atoms with E-state index in [4.69, 9.17) is 17.3 Å². The number of aromatic amines is 1. The lowest BCUT2D eigenvalue weighted by Gasteiger charge is -2.11. The number of aryl methyl sites for hydroxylation is 2. The summed E-state index contributed by atoms with van der Waals surface area (Å²) in [5.41, 5.74) is 10.4. The molecule has 0 fully saturated rings. The number of carbonyl (C=O) groups is 1. The van der Waals surface area contributed by atoms with Crippen molar-refractivity contribution < 1.29 is 4.79 Å². The molecule has 176 valence electrons. The van der Waals surface area contributed by atoms with E-state index in [1.54, 1.807) is 23.0 Å². The van der Waals surface area contributed by atoms with Gasteiger partial charge in [0.05, 0.1) is 27.8 Å². The summed E-state index contributed by atoms with van der Waals surface area (Å²) in [6.45, 7) is 4.42. The summed E-state index contributed by atoms with van der Waals surface area (Å²) < 4.78 is 1.79. The van der Waals surface area contributed by atoms with E-state index < -0.39 is 0 Å². The Hall–Kier alpha value is -4.24. The summed E-state index contributed by atoms with van der Waals surface area (Å²) in [5, 5.41) is 4.59. The van der Waals surface area contributed by atoms with Gasteiger partial charge in [0.2, 0.25) is 0 Å². The van der Waals surface area contributed by atoms with Gasteiger partial charge in [-0.2, -0.15) is 0 Å². The van der Waals surface area contributed by atoms with Gasteiger partial charge in [0.25, 0.3) is 11.5 Å². The van der Waals surface area contributed by atoms with Crippen LogP contribution in [-0.4, -0.2) is 30.4 Å². The highest BCUT2D eigenvalue weighted by Gasteiger charge is 2.20. The lowest BCUT2D eigenvalue weighted by atomic mass is 10.1. The molecule has 1 aromatic carbocycles. The van der Waals surface area contributed by atoms with E-state index in [0.717, 1.165) is 33.3 Å². The number of nitrogens with one attached hydrogen (secondary N) is 2. The van der Waals surface area contributed by atoms with Gasteiger partial charge in [-0.3, -0.25) is 14.6 Å². The quantitative estimate of drug-likeness (QED) is 0.347. The lowest BCUT2D eigenvalue weighted by molar-refractivity contribution is 0.0952. The average molecular weight is 488 g/mol. The van der Waals surface area contributed by atoms with Crippen molar-refractivity contribution in [3.05, 3.63) is 92.4 Å². The molecule has 9 nitrogen and oxygen atoms in total. The molecule has 10 heteroatoms. The fourth-order valence-electron chi connectivity index (χ4n) is 4.29. The Balaban J connectivity index is 1.48. The van der Waals surface area contributed by atoms with Crippen molar-refractivity contribution in [3.8, 4) is 0 Å². The maximum Gasteiger partial charge on any atom is 0.261 e. The Morgan fingerprint density at radius 3 is 2.83 bits per heavy atom. The Kier molecular flexibility index (Phi) is 5.70. The van der Waals surface area contributed by atoms with Crippen LogP contribution in [0.3, 0.4) is 0 Å². The number of fused-ring (bicyclic) bond motifs is 2. The van der Waals surface area contributed by atoms with Gasteiger partial charge in [-0.1, -0.05) is 17.7 Å². The van der Waals surface area contributed by atoms with E-state index in [0.29, 0.717) is 23.0 Å². The van der Waals surface area contributed by atoms with Crippen molar-refractivity contribution in [2.75, 3.05) is 5.73 Å². The van der Waals surface area contributed by atoms with Gasteiger partial charge >= 0.3 is 0 Å². The zero-order valence-electron chi connectivity index (χ0n) is 19.1. The molecule has 0 aliphatic heterocycles. The highest BCUT2D eigenvalue weighted by atomic mass is 35.5. The Bertz CT molecular complexity index is 1650. The summed E-state index contributed by atoms with van der Waals surface area (Å²) in [6, 6.07) is 9.44. The molecule has 0 atom stereocenters. The summed E-state index contributed by atoms with van der Waals surface area (Å²) in [7, 11) is 0. The molecule has 0 saturated carbocycles. The van der Waals surface area contributed by atoms with Gasteiger partial charge in [-0.05, 0) is 54.8 Å². The van der Waals surface area contributed by atoms with Crippen LogP contribution in [0, 0.1) is 13.8 Å². The molecule has 1 amide bonds. The number of carbonyl (C=O) groups excluding carboxylic acids is 1. The van der Waals surface area contributed by atoms with E-state index in [1.165, 1.54) is 6.33 Å². The highest BCUT2D eigenvalue weighted by molar-refractivity contribution is 6.31. The second kappa shape index (κ2) is 8.84. The molecule has 4 heterocycles. The number of nitrogens with two attached hydrogens (primary N) is 1. The van der Waals surface area contributed by atoms with Crippen molar-refractivity contribution in [2.24, 2.45) is 0 Å². The molecule has 0 aliphatic carbocycles. The van der Waals surface area contributed by atoms with Crippen LogP contribution in [0.25, 0.3) is 21.9 Å². The summed E-state index contributed by atoms with van der Waals surface area (Å²) in [5.74, 6) is 0.0554. The number of nitrogen functional groups attached to an aromatic ring is 1. The van der Waals surface area contributed by atoms with Gasteiger partial charge in [0.1, 0.15) is 11.5 Å². The van der Waals surface area contributed by atoms with E-state index >= 15 is 0 Å². The second-order valence-electron chi connectivity index (χ2n) is 8.39. The average Bonchev–Trinajstić information content (AvgIpc) is 3.17. The third-order valence-electron chi connectivity index (χ3n) is 5.97. The van der Waals surface area contributed by atoms with Crippen LogP contribution >= 0.6 is 11.6 Å². The first-order valence-corrected chi connectivity index (χ1v) is 11.3. The predicted octanol–water partition coefficient (Wildman–Crippen LogP) is 3.50. The first kappa shape index (κ1) is 22.5. The summed E-state index contributed by atoms with van der Waals surface area (Å²) >= 11 is 6.10. The van der Waals surface area contributed by atoms with Crippen LogP contribution in [0.1, 0.15) is 32.7 Å². The summed E-state index contributed by atoms with van der Waals surface area (Å²) in [6.07, 6.45) is 4.59. The number of hydrogen-bond donors (Lipinski definition) is 3. The zero-order valence-corrected chi connectivity index (χ0v) is 19.8. The van der Waals surface area contributed by atoms with Gasteiger partial charge in [0.15, 0.2) is 0 Å². The molecule has 0 saturated heterocycles. The molecular formula is C25H22ClN7O2. The van der Waals surface area contributed by atoms with Gasteiger partial charge in [0, 0.05) is 36.6 Å². The number of benzene rings is 1. The van der Waals surface area contributed by atoms with Crippen LogP contribution < -0.4 is 16.6 Å². The number of anilines is 1. The molecule has 4 N–H and O–H groups in total. The third-order valence-corrected chi connectivity index (χ3v) is 6.18. The van der Waals surface area contributed by atoms with Crippen molar-refractivity contribution in [1.29, 1.82) is 0 Å². The fourth-order valence-corrected chi connectivity index (χ4v) is 4.46. The molecule has 0 aliphatic rings. The minimum Gasteiger partial charge on any atom is -0.384 e. The molecule has 0 spiro atoms. The van der Waals surface area contributed by atoms with Crippen LogP contribution in [-0.2, 0) is 13.1 Å². The van der Waals surface area contributed by atoms with E-state index in [1.807, 2.05) is 38.1 Å². The van der Waals surface area contributed by atoms with E-state index in [2.05, 4.69) is 25.3 Å². The molecular weight excluding hydrogens is 466 g/mol. The first-order valence-electron chi connectivity index (χ1n) is 10.9. The number of aromatic nitrogens is 5. The maximum atomic E-state index is 13.2. The predicted molar refractivity (Wildman–Crippen MR) is 136 cm³/mol. The molecule has 5 aromatic rings. The number of amides is 1. The molecule has 0 bridgehead atoms. The Morgan fingerprint density at radius 2 is 2.03 bits per heavy atom. The maximum absolute atomic E-state index is 13.2. The van der Waals surface area contributed by atoms with Crippen molar-refractivity contribution >= 4 is 45.3 Å². The second-order valence-corrected chi connectivity index (χ2v) is 8.83. The van der Waals surface area contributed by atoms with Gasteiger partial charge in [-0.25, -0.2) is 9.97 Å². The minimum atomic E-state index is -0.380. The van der Waals surface area contributed by atoms with Gasteiger partial charge < -0.3 is 20.6 Å². The minimum absolute atomic E-state index is 0.236. The number of rotatable bonds is 5. The molecule has 4 aromatic heterocycles. The SMILES string of the molecule is Cc1cc(N)nc(C)c1CNC(=O)c1cn(Cc2ccc3ncc(Cl)cc3c2)c2nc[nH]c(=O)c12. The van der Waals surface area contributed by atoms with Crippen molar-refractivity contribution in [3.63, 3.8) is 0 Å². The van der Waals surface area contributed by atoms with Gasteiger partial charge in [-0.15, -0.1) is 0 Å². The van der Waals surface area contributed by atoms with Crippen LogP contribution in [0.5, 0.6) is 0 Å².